The highest BCUT2D eigenvalue weighted by atomic mass is 79.9. The fourth-order valence-electron chi connectivity index (χ4n) is 0.860. The third-order valence-electron chi connectivity index (χ3n) is 1.45. The summed E-state index contributed by atoms with van der Waals surface area (Å²) in [5.41, 5.74) is 0. The Bertz CT molecular complexity index is 393. The van der Waals surface area contributed by atoms with Gasteiger partial charge in [0.2, 0.25) is 0 Å². The first-order chi connectivity index (χ1) is 6.67. The van der Waals surface area contributed by atoms with Crippen LogP contribution in [0.15, 0.2) is 22.7 Å². The molecule has 0 saturated carbocycles. The SMILES string of the molecule is C#CC(=O)Oc1cc(Br)ccc1OC. The summed E-state index contributed by atoms with van der Waals surface area (Å²) in [6.07, 6.45) is 4.87. The number of ether oxygens (including phenoxy) is 2. The van der Waals surface area contributed by atoms with Crippen LogP contribution in [-0.4, -0.2) is 13.1 Å². The van der Waals surface area contributed by atoms with Crippen molar-refractivity contribution in [3.63, 3.8) is 0 Å². The Balaban J connectivity index is 3.00. The van der Waals surface area contributed by atoms with E-state index in [4.69, 9.17) is 15.9 Å². The molecule has 0 unspecified atom stereocenters. The fourth-order valence-corrected chi connectivity index (χ4v) is 1.20. The zero-order chi connectivity index (χ0) is 10.6. The molecule has 4 heteroatoms. The second kappa shape index (κ2) is 4.68. The molecule has 0 radical (unpaired) electrons. The predicted molar refractivity (Wildman–Crippen MR) is 55.2 cm³/mol. The van der Waals surface area contributed by atoms with E-state index in [2.05, 4.69) is 15.9 Å². The molecule has 0 aliphatic carbocycles. The average molecular weight is 255 g/mol. The second-order valence-electron chi connectivity index (χ2n) is 2.33. The predicted octanol–water partition coefficient (Wildman–Crippen LogP) is 2.00. The quantitative estimate of drug-likeness (QED) is 0.351. The lowest BCUT2D eigenvalue weighted by molar-refractivity contribution is -0.128. The van der Waals surface area contributed by atoms with Gasteiger partial charge in [0.15, 0.2) is 11.5 Å². The van der Waals surface area contributed by atoms with Gasteiger partial charge in [0.1, 0.15) is 0 Å². The van der Waals surface area contributed by atoms with Crippen LogP contribution >= 0.6 is 15.9 Å². The molecule has 0 fully saturated rings. The van der Waals surface area contributed by atoms with E-state index in [0.29, 0.717) is 11.5 Å². The highest BCUT2D eigenvalue weighted by molar-refractivity contribution is 9.10. The first kappa shape index (κ1) is 10.6. The molecule has 0 atom stereocenters. The summed E-state index contributed by atoms with van der Waals surface area (Å²) in [5, 5.41) is 0. The van der Waals surface area contributed by atoms with Crippen molar-refractivity contribution in [2.45, 2.75) is 0 Å². The number of carbonyl (C=O) groups is 1. The Kier molecular flexibility index (Phi) is 3.55. The van der Waals surface area contributed by atoms with Crippen molar-refractivity contribution in [1.82, 2.24) is 0 Å². The van der Waals surface area contributed by atoms with Crippen molar-refractivity contribution >= 4 is 21.9 Å². The molecule has 0 spiro atoms. The van der Waals surface area contributed by atoms with Crippen LogP contribution in [0.4, 0.5) is 0 Å². The maximum absolute atomic E-state index is 10.8. The Morgan fingerprint density at radius 2 is 2.21 bits per heavy atom. The van der Waals surface area contributed by atoms with Gasteiger partial charge in [-0.25, -0.2) is 4.79 Å². The van der Waals surface area contributed by atoms with E-state index < -0.39 is 5.97 Å². The molecule has 1 rings (SSSR count). The van der Waals surface area contributed by atoms with Gasteiger partial charge in [0.25, 0.3) is 0 Å². The molecule has 0 bridgehead atoms. The molecule has 1 aromatic rings. The molecule has 72 valence electrons. The van der Waals surface area contributed by atoms with Crippen LogP contribution in [0, 0.1) is 12.3 Å². The highest BCUT2D eigenvalue weighted by Crippen LogP contribution is 2.30. The first-order valence-corrected chi connectivity index (χ1v) is 4.48. The molecule has 0 saturated heterocycles. The topological polar surface area (TPSA) is 35.5 Å². The van der Waals surface area contributed by atoms with Crippen LogP contribution in [0.2, 0.25) is 0 Å². The summed E-state index contributed by atoms with van der Waals surface area (Å²) in [6.45, 7) is 0. The molecule has 0 amide bonds. The number of hydrogen-bond donors (Lipinski definition) is 0. The number of carbonyl (C=O) groups excluding carboxylic acids is 1. The Morgan fingerprint density at radius 3 is 2.79 bits per heavy atom. The molecule has 1 aromatic carbocycles. The third kappa shape index (κ3) is 2.51. The van der Waals surface area contributed by atoms with Crippen molar-refractivity contribution in [3.05, 3.63) is 22.7 Å². The van der Waals surface area contributed by atoms with E-state index in [9.17, 15) is 4.79 Å². The van der Waals surface area contributed by atoms with Crippen LogP contribution < -0.4 is 9.47 Å². The number of esters is 1. The summed E-state index contributed by atoms with van der Waals surface area (Å²) in [6, 6.07) is 5.04. The zero-order valence-corrected chi connectivity index (χ0v) is 9.00. The van der Waals surface area contributed by atoms with Crippen molar-refractivity contribution in [3.8, 4) is 23.8 Å². The standard InChI is InChI=1S/C10H7BrO3/c1-3-10(12)14-9-6-7(11)4-5-8(9)13-2/h1,4-6H,2H3. The summed E-state index contributed by atoms with van der Waals surface area (Å²) in [5.74, 6) is 1.86. The van der Waals surface area contributed by atoms with Gasteiger partial charge in [-0.1, -0.05) is 15.9 Å². The Morgan fingerprint density at radius 1 is 1.50 bits per heavy atom. The lowest BCUT2D eigenvalue weighted by atomic mass is 10.3. The van der Waals surface area contributed by atoms with Crippen LogP contribution in [0.3, 0.4) is 0 Å². The van der Waals surface area contributed by atoms with Crippen LogP contribution in [0.5, 0.6) is 11.5 Å². The molecule has 0 heterocycles. The van der Waals surface area contributed by atoms with Gasteiger partial charge >= 0.3 is 5.97 Å². The average Bonchev–Trinajstić information content (AvgIpc) is 2.18. The number of methoxy groups -OCH3 is 1. The number of rotatable bonds is 2. The van der Waals surface area contributed by atoms with Gasteiger partial charge < -0.3 is 9.47 Å². The van der Waals surface area contributed by atoms with Gasteiger partial charge in [0.05, 0.1) is 7.11 Å². The number of terminal acetylenes is 1. The largest absolute Gasteiger partial charge is 0.493 e. The van der Waals surface area contributed by atoms with Crippen molar-refractivity contribution in [1.29, 1.82) is 0 Å². The second-order valence-corrected chi connectivity index (χ2v) is 3.24. The lowest BCUT2D eigenvalue weighted by Gasteiger charge is -2.06. The van der Waals surface area contributed by atoms with E-state index in [1.165, 1.54) is 7.11 Å². The van der Waals surface area contributed by atoms with E-state index >= 15 is 0 Å². The van der Waals surface area contributed by atoms with E-state index in [0.717, 1.165) is 4.47 Å². The number of halogens is 1. The van der Waals surface area contributed by atoms with E-state index in [1.54, 1.807) is 18.2 Å². The van der Waals surface area contributed by atoms with Crippen LogP contribution in [-0.2, 0) is 4.79 Å². The molecule has 3 nitrogen and oxygen atoms in total. The van der Waals surface area contributed by atoms with Crippen molar-refractivity contribution in [2.24, 2.45) is 0 Å². The number of hydrogen-bond acceptors (Lipinski definition) is 3. The smallest absolute Gasteiger partial charge is 0.389 e. The van der Waals surface area contributed by atoms with E-state index in [1.807, 2.05) is 5.92 Å². The Labute approximate surface area is 90.1 Å². The normalized spacial score (nSPS) is 8.93. The zero-order valence-electron chi connectivity index (χ0n) is 7.41. The third-order valence-corrected chi connectivity index (χ3v) is 1.94. The molecule has 14 heavy (non-hydrogen) atoms. The summed E-state index contributed by atoms with van der Waals surface area (Å²) < 4.78 is 10.6. The Hall–Kier alpha value is -1.47. The van der Waals surface area contributed by atoms with Crippen molar-refractivity contribution < 1.29 is 14.3 Å². The van der Waals surface area contributed by atoms with Crippen LogP contribution in [0.25, 0.3) is 0 Å². The number of benzene rings is 1. The molecule has 0 N–H and O–H groups in total. The van der Waals surface area contributed by atoms with Gasteiger partial charge in [-0.15, -0.1) is 6.42 Å². The minimum absolute atomic E-state index is 0.296. The monoisotopic (exact) mass is 254 g/mol. The van der Waals surface area contributed by atoms with Gasteiger partial charge in [-0.3, -0.25) is 0 Å². The summed E-state index contributed by atoms with van der Waals surface area (Å²) in [4.78, 5) is 10.8. The molecular formula is C10H7BrO3. The van der Waals surface area contributed by atoms with Crippen molar-refractivity contribution in [2.75, 3.05) is 7.11 Å². The summed E-state index contributed by atoms with van der Waals surface area (Å²) >= 11 is 3.24. The molecule has 0 aliphatic rings. The molecule has 0 aliphatic heterocycles. The lowest BCUT2D eigenvalue weighted by Crippen LogP contribution is -2.05. The minimum atomic E-state index is -0.749. The van der Waals surface area contributed by atoms with Crippen LogP contribution in [0.1, 0.15) is 0 Å². The minimum Gasteiger partial charge on any atom is -0.493 e. The van der Waals surface area contributed by atoms with Gasteiger partial charge in [0, 0.05) is 10.4 Å². The van der Waals surface area contributed by atoms with Gasteiger partial charge in [-0.2, -0.15) is 0 Å². The summed E-state index contributed by atoms with van der Waals surface area (Å²) in [7, 11) is 1.48. The maximum Gasteiger partial charge on any atom is 0.389 e. The maximum atomic E-state index is 10.8. The highest BCUT2D eigenvalue weighted by Gasteiger charge is 2.08. The van der Waals surface area contributed by atoms with E-state index in [-0.39, 0.29) is 0 Å². The van der Waals surface area contributed by atoms with Gasteiger partial charge in [-0.05, 0) is 18.2 Å². The molecule has 0 aromatic heterocycles. The fraction of sp³-hybridized carbons (Fsp3) is 0.100. The molecular weight excluding hydrogens is 248 g/mol. The first-order valence-electron chi connectivity index (χ1n) is 3.69.